The summed E-state index contributed by atoms with van der Waals surface area (Å²) in [4.78, 5) is 12.2. The maximum Gasteiger partial charge on any atom is 0.251 e. The highest BCUT2D eigenvalue weighted by Gasteiger charge is 2.20. The van der Waals surface area contributed by atoms with Gasteiger partial charge in [0.05, 0.1) is 13.2 Å². The fraction of sp³-hybridized carbons (Fsp3) is 0.562. The van der Waals surface area contributed by atoms with Gasteiger partial charge in [0.1, 0.15) is 0 Å². The van der Waals surface area contributed by atoms with Crippen LogP contribution in [0.5, 0.6) is 0 Å². The second-order valence-electron chi connectivity index (χ2n) is 5.97. The van der Waals surface area contributed by atoms with Gasteiger partial charge in [0.2, 0.25) is 0 Å². The van der Waals surface area contributed by atoms with E-state index in [2.05, 4.69) is 5.32 Å². The third-order valence-corrected chi connectivity index (χ3v) is 4.43. The number of carbonyl (C=O) groups is 1. The Morgan fingerprint density at radius 2 is 1.95 bits per heavy atom. The Hall–Kier alpha value is -1.39. The van der Waals surface area contributed by atoms with E-state index in [1.54, 1.807) is 0 Å². The second kappa shape index (κ2) is 5.94. The summed E-state index contributed by atoms with van der Waals surface area (Å²) in [6, 6.07) is 6.20. The first kappa shape index (κ1) is 13.6. The molecule has 1 aromatic carbocycles. The van der Waals surface area contributed by atoms with Gasteiger partial charge in [-0.05, 0) is 54.9 Å². The summed E-state index contributed by atoms with van der Waals surface area (Å²) in [5.74, 6) is 0.603. The van der Waals surface area contributed by atoms with Crippen molar-refractivity contribution in [3.05, 3.63) is 34.9 Å². The van der Waals surface area contributed by atoms with E-state index < -0.39 is 0 Å². The first-order chi connectivity index (χ1) is 9.72. The lowest BCUT2D eigenvalue weighted by Crippen LogP contribution is -2.34. The Morgan fingerprint density at radius 1 is 1.20 bits per heavy atom. The van der Waals surface area contributed by atoms with Gasteiger partial charge in [-0.2, -0.15) is 0 Å². The molecule has 4 nitrogen and oxygen atoms in total. The lowest BCUT2D eigenvalue weighted by atomic mass is 9.86. The van der Waals surface area contributed by atoms with Crippen LogP contribution in [0, 0.1) is 5.92 Å². The van der Waals surface area contributed by atoms with E-state index in [0.717, 1.165) is 43.4 Å². The van der Waals surface area contributed by atoms with Crippen molar-refractivity contribution in [2.75, 3.05) is 6.54 Å². The van der Waals surface area contributed by atoms with Crippen molar-refractivity contribution in [2.45, 2.75) is 44.9 Å². The quantitative estimate of drug-likeness (QED) is 0.885. The molecule has 20 heavy (non-hydrogen) atoms. The molecule has 0 spiro atoms. The molecule has 1 amide bonds. The molecule has 0 atom stereocenters. The highest BCUT2D eigenvalue weighted by atomic mass is 16.5. The summed E-state index contributed by atoms with van der Waals surface area (Å²) in [5.41, 5.74) is 8.97. The molecule has 1 aromatic rings. The smallest absolute Gasteiger partial charge is 0.251 e. The van der Waals surface area contributed by atoms with Gasteiger partial charge in [-0.3, -0.25) is 4.79 Å². The van der Waals surface area contributed by atoms with Crippen LogP contribution in [0.25, 0.3) is 0 Å². The van der Waals surface area contributed by atoms with E-state index in [1.165, 1.54) is 5.56 Å². The fourth-order valence-electron chi connectivity index (χ4n) is 3.04. The third kappa shape index (κ3) is 3.02. The number of rotatable bonds is 3. The summed E-state index contributed by atoms with van der Waals surface area (Å²) in [5, 5.41) is 3.05. The average molecular weight is 274 g/mol. The Balaban J connectivity index is 1.54. The van der Waals surface area contributed by atoms with Crippen molar-refractivity contribution in [2.24, 2.45) is 11.7 Å². The van der Waals surface area contributed by atoms with Crippen LogP contribution in [-0.2, 0) is 18.0 Å². The Labute approximate surface area is 119 Å². The minimum Gasteiger partial charge on any atom is -0.372 e. The number of fused-ring (bicyclic) bond motifs is 1. The van der Waals surface area contributed by atoms with Gasteiger partial charge in [0, 0.05) is 18.2 Å². The van der Waals surface area contributed by atoms with Crippen LogP contribution < -0.4 is 11.1 Å². The van der Waals surface area contributed by atoms with E-state index in [4.69, 9.17) is 10.5 Å². The van der Waals surface area contributed by atoms with Gasteiger partial charge in [-0.15, -0.1) is 0 Å². The molecule has 1 aliphatic carbocycles. The number of amides is 1. The largest absolute Gasteiger partial charge is 0.372 e. The van der Waals surface area contributed by atoms with E-state index in [1.807, 2.05) is 18.2 Å². The van der Waals surface area contributed by atoms with Gasteiger partial charge >= 0.3 is 0 Å². The molecule has 4 heteroatoms. The molecule has 1 aliphatic heterocycles. The lowest BCUT2D eigenvalue weighted by molar-refractivity contribution is 0.0943. The van der Waals surface area contributed by atoms with Crippen LogP contribution in [0.2, 0.25) is 0 Å². The molecular weight excluding hydrogens is 252 g/mol. The fourth-order valence-corrected chi connectivity index (χ4v) is 3.04. The minimum absolute atomic E-state index is 0.0228. The molecule has 0 bridgehead atoms. The maximum atomic E-state index is 12.2. The first-order valence-electron chi connectivity index (χ1n) is 7.45. The van der Waals surface area contributed by atoms with Crippen molar-refractivity contribution < 1.29 is 9.53 Å². The molecule has 0 saturated heterocycles. The molecule has 1 fully saturated rings. The Morgan fingerprint density at radius 3 is 2.75 bits per heavy atom. The molecule has 0 unspecified atom stereocenters. The molecule has 0 radical (unpaired) electrons. The first-order valence-corrected chi connectivity index (χ1v) is 7.45. The number of carbonyl (C=O) groups excluding carboxylic acids is 1. The van der Waals surface area contributed by atoms with Gasteiger partial charge in [-0.1, -0.05) is 6.07 Å². The Bertz CT molecular complexity index is 493. The van der Waals surface area contributed by atoms with Crippen LogP contribution >= 0.6 is 0 Å². The van der Waals surface area contributed by atoms with Crippen molar-refractivity contribution in [3.8, 4) is 0 Å². The van der Waals surface area contributed by atoms with Gasteiger partial charge in [0.15, 0.2) is 0 Å². The van der Waals surface area contributed by atoms with Crippen molar-refractivity contribution >= 4 is 5.91 Å². The van der Waals surface area contributed by atoms with Crippen LogP contribution in [0.15, 0.2) is 18.2 Å². The van der Waals surface area contributed by atoms with E-state index >= 15 is 0 Å². The highest BCUT2D eigenvalue weighted by Crippen LogP contribution is 2.23. The SMILES string of the molecule is NC1CCC(CNC(=O)c2ccc3c(c2)COC3)CC1. The minimum atomic E-state index is 0.0228. The number of ether oxygens (including phenoxy) is 1. The summed E-state index contributed by atoms with van der Waals surface area (Å²) < 4.78 is 5.37. The zero-order valence-electron chi connectivity index (χ0n) is 11.7. The number of nitrogens with one attached hydrogen (secondary N) is 1. The maximum absolute atomic E-state index is 12.2. The molecular formula is C16H22N2O2. The zero-order chi connectivity index (χ0) is 13.9. The van der Waals surface area contributed by atoms with Crippen molar-refractivity contribution in [3.63, 3.8) is 0 Å². The lowest BCUT2D eigenvalue weighted by Gasteiger charge is -2.26. The summed E-state index contributed by atoms with van der Waals surface area (Å²) in [7, 11) is 0. The summed E-state index contributed by atoms with van der Waals surface area (Å²) in [6.07, 6.45) is 4.41. The van der Waals surface area contributed by atoms with Crippen LogP contribution in [0.1, 0.15) is 47.2 Å². The predicted molar refractivity (Wildman–Crippen MR) is 77.2 cm³/mol. The Kier molecular flexibility index (Phi) is 4.03. The summed E-state index contributed by atoms with van der Waals surface area (Å²) in [6.45, 7) is 2.05. The molecule has 0 aromatic heterocycles. The van der Waals surface area contributed by atoms with Crippen LogP contribution in [0.3, 0.4) is 0 Å². The van der Waals surface area contributed by atoms with E-state index in [0.29, 0.717) is 25.2 Å². The summed E-state index contributed by atoms with van der Waals surface area (Å²) >= 11 is 0. The second-order valence-corrected chi connectivity index (χ2v) is 5.97. The number of benzene rings is 1. The average Bonchev–Trinajstić information content (AvgIpc) is 2.93. The predicted octanol–water partition coefficient (Wildman–Crippen LogP) is 1.96. The number of hydrogen-bond donors (Lipinski definition) is 2. The van der Waals surface area contributed by atoms with E-state index in [-0.39, 0.29) is 5.91 Å². The normalized spacial score (nSPS) is 25.2. The monoisotopic (exact) mass is 274 g/mol. The van der Waals surface area contributed by atoms with Gasteiger partial charge < -0.3 is 15.8 Å². The third-order valence-electron chi connectivity index (χ3n) is 4.43. The highest BCUT2D eigenvalue weighted by molar-refractivity contribution is 5.94. The molecule has 2 aliphatic rings. The molecule has 1 heterocycles. The van der Waals surface area contributed by atoms with E-state index in [9.17, 15) is 4.79 Å². The van der Waals surface area contributed by atoms with Gasteiger partial charge in [-0.25, -0.2) is 0 Å². The number of hydrogen-bond acceptors (Lipinski definition) is 3. The van der Waals surface area contributed by atoms with Crippen LogP contribution in [0.4, 0.5) is 0 Å². The van der Waals surface area contributed by atoms with Crippen LogP contribution in [-0.4, -0.2) is 18.5 Å². The molecule has 3 N–H and O–H groups in total. The van der Waals surface area contributed by atoms with Crippen molar-refractivity contribution in [1.82, 2.24) is 5.32 Å². The topological polar surface area (TPSA) is 64.3 Å². The number of nitrogens with two attached hydrogens (primary N) is 1. The zero-order valence-corrected chi connectivity index (χ0v) is 11.7. The van der Waals surface area contributed by atoms with Crippen molar-refractivity contribution in [1.29, 1.82) is 0 Å². The molecule has 108 valence electrons. The molecule has 3 rings (SSSR count). The standard InChI is InChI=1S/C16H22N2O2/c17-15-5-1-11(2-6-15)8-18-16(19)12-3-4-13-9-20-10-14(13)7-12/h3-4,7,11,15H,1-2,5-6,8-10,17H2,(H,18,19). The molecule has 1 saturated carbocycles. The van der Waals surface area contributed by atoms with Gasteiger partial charge in [0.25, 0.3) is 5.91 Å².